The Labute approximate surface area is 180 Å². The fourth-order valence-corrected chi connectivity index (χ4v) is 4.86. The summed E-state index contributed by atoms with van der Waals surface area (Å²) in [5.74, 6) is 1.53. The van der Waals surface area contributed by atoms with Gasteiger partial charge in [0.2, 0.25) is 0 Å². The molecule has 0 fully saturated rings. The standard InChI is InChI=1S/C21H24Cl2N4S/c1-4-26(5-2)16-12-10-15(11-13-16)20-24-25-21(27(20)6-3)28-14-17-18(22)8-7-9-19(17)23/h7-13H,4-6,14H2,1-3H3. The molecule has 0 aliphatic rings. The van der Waals surface area contributed by atoms with Crippen molar-refractivity contribution in [3.63, 3.8) is 0 Å². The molecular formula is C21H24Cl2N4S. The smallest absolute Gasteiger partial charge is 0.191 e. The van der Waals surface area contributed by atoms with E-state index in [1.807, 2.05) is 18.2 Å². The van der Waals surface area contributed by atoms with Crippen molar-refractivity contribution in [3.8, 4) is 11.4 Å². The Bertz CT molecular complexity index is 900. The van der Waals surface area contributed by atoms with Crippen LogP contribution in [-0.2, 0) is 12.3 Å². The largest absolute Gasteiger partial charge is 0.372 e. The molecule has 0 aliphatic heterocycles. The normalized spacial score (nSPS) is 11.0. The van der Waals surface area contributed by atoms with E-state index in [0.29, 0.717) is 15.8 Å². The lowest BCUT2D eigenvalue weighted by molar-refractivity contribution is 0.687. The van der Waals surface area contributed by atoms with Crippen LogP contribution < -0.4 is 4.90 Å². The minimum atomic E-state index is 0.650. The maximum absolute atomic E-state index is 6.29. The lowest BCUT2D eigenvalue weighted by atomic mass is 10.2. The predicted octanol–water partition coefficient (Wildman–Crippen LogP) is 6.41. The predicted molar refractivity (Wildman–Crippen MR) is 121 cm³/mol. The molecule has 0 N–H and O–H groups in total. The number of benzene rings is 2. The zero-order valence-corrected chi connectivity index (χ0v) is 18.7. The van der Waals surface area contributed by atoms with Gasteiger partial charge in [-0.1, -0.05) is 41.0 Å². The molecule has 0 amide bonds. The van der Waals surface area contributed by atoms with Gasteiger partial charge in [0, 0.05) is 46.7 Å². The first-order valence-electron chi connectivity index (χ1n) is 9.43. The molecule has 3 rings (SSSR count). The SMILES string of the molecule is CCN(CC)c1ccc(-c2nnc(SCc3c(Cl)cccc3Cl)n2CC)cc1. The minimum absolute atomic E-state index is 0.650. The van der Waals surface area contributed by atoms with Crippen LogP contribution in [0.5, 0.6) is 0 Å². The van der Waals surface area contributed by atoms with E-state index in [0.717, 1.165) is 41.7 Å². The molecule has 0 saturated heterocycles. The number of hydrogen-bond acceptors (Lipinski definition) is 4. The van der Waals surface area contributed by atoms with Crippen LogP contribution in [0.2, 0.25) is 10.0 Å². The molecule has 3 aromatic rings. The molecule has 0 unspecified atom stereocenters. The van der Waals surface area contributed by atoms with E-state index in [-0.39, 0.29) is 0 Å². The average Bonchev–Trinajstić information content (AvgIpc) is 3.12. The van der Waals surface area contributed by atoms with Gasteiger partial charge in [-0.2, -0.15) is 0 Å². The van der Waals surface area contributed by atoms with E-state index in [1.165, 1.54) is 5.69 Å². The average molecular weight is 435 g/mol. The molecule has 0 saturated carbocycles. The fraction of sp³-hybridized carbons (Fsp3) is 0.333. The second kappa shape index (κ2) is 9.68. The van der Waals surface area contributed by atoms with E-state index < -0.39 is 0 Å². The second-order valence-electron chi connectivity index (χ2n) is 6.26. The summed E-state index contributed by atoms with van der Waals surface area (Å²) in [5.41, 5.74) is 3.21. The van der Waals surface area contributed by atoms with Crippen LogP contribution in [0, 0.1) is 0 Å². The van der Waals surface area contributed by atoms with E-state index in [4.69, 9.17) is 23.2 Å². The summed E-state index contributed by atoms with van der Waals surface area (Å²) in [5, 5.41) is 11.1. The lowest BCUT2D eigenvalue weighted by Gasteiger charge is -2.21. The van der Waals surface area contributed by atoms with E-state index in [2.05, 4.69) is 64.7 Å². The van der Waals surface area contributed by atoms with Gasteiger partial charge in [0.15, 0.2) is 11.0 Å². The van der Waals surface area contributed by atoms with Crippen molar-refractivity contribution < 1.29 is 0 Å². The van der Waals surface area contributed by atoms with E-state index in [9.17, 15) is 0 Å². The van der Waals surface area contributed by atoms with Gasteiger partial charge in [-0.3, -0.25) is 0 Å². The van der Waals surface area contributed by atoms with Crippen LogP contribution in [0.1, 0.15) is 26.3 Å². The summed E-state index contributed by atoms with van der Waals surface area (Å²) in [6.45, 7) is 9.21. The molecule has 0 spiro atoms. The Balaban J connectivity index is 1.82. The highest BCUT2D eigenvalue weighted by Crippen LogP contribution is 2.32. The Morgan fingerprint density at radius 3 is 2.14 bits per heavy atom. The molecule has 148 valence electrons. The highest BCUT2D eigenvalue weighted by Gasteiger charge is 2.15. The van der Waals surface area contributed by atoms with Crippen molar-refractivity contribution in [1.29, 1.82) is 0 Å². The third-order valence-corrected chi connectivity index (χ3v) is 6.40. The second-order valence-corrected chi connectivity index (χ2v) is 8.02. The molecular weight excluding hydrogens is 411 g/mol. The third kappa shape index (κ3) is 4.48. The number of halogens is 2. The summed E-state index contributed by atoms with van der Waals surface area (Å²) < 4.78 is 2.13. The summed E-state index contributed by atoms with van der Waals surface area (Å²) >= 11 is 14.2. The van der Waals surface area contributed by atoms with Crippen LogP contribution in [0.4, 0.5) is 5.69 Å². The van der Waals surface area contributed by atoms with Crippen molar-refractivity contribution in [2.45, 2.75) is 38.2 Å². The van der Waals surface area contributed by atoms with Crippen LogP contribution >= 0.6 is 35.0 Å². The number of thioether (sulfide) groups is 1. The molecule has 1 heterocycles. The van der Waals surface area contributed by atoms with Gasteiger partial charge in [0.25, 0.3) is 0 Å². The maximum Gasteiger partial charge on any atom is 0.191 e. The van der Waals surface area contributed by atoms with Crippen molar-refractivity contribution in [2.75, 3.05) is 18.0 Å². The monoisotopic (exact) mass is 434 g/mol. The summed E-state index contributed by atoms with van der Waals surface area (Å²) in [7, 11) is 0. The number of rotatable bonds is 8. The van der Waals surface area contributed by atoms with Crippen LogP contribution in [0.25, 0.3) is 11.4 Å². The molecule has 0 bridgehead atoms. The van der Waals surface area contributed by atoms with Crippen molar-refractivity contribution in [2.24, 2.45) is 0 Å². The van der Waals surface area contributed by atoms with Gasteiger partial charge < -0.3 is 9.47 Å². The maximum atomic E-state index is 6.29. The van der Waals surface area contributed by atoms with E-state index in [1.54, 1.807) is 11.8 Å². The third-order valence-electron chi connectivity index (χ3n) is 4.69. The van der Waals surface area contributed by atoms with Gasteiger partial charge in [-0.25, -0.2) is 0 Å². The fourth-order valence-electron chi connectivity index (χ4n) is 3.11. The van der Waals surface area contributed by atoms with Crippen LogP contribution in [0.3, 0.4) is 0 Å². The Morgan fingerprint density at radius 2 is 1.57 bits per heavy atom. The number of hydrogen-bond donors (Lipinski definition) is 0. The summed E-state index contributed by atoms with van der Waals surface area (Å²) in [4.78, 5) is 2.32. The number of nitrogens with zero attached hydrogens (tertiary/aromatic N) is 4. The lowest BCUT2D eigenvalue weighted by Crippen LogP contribution is -2.21. The summed E-state index contributed by atoms with van der Waals surface area (Å²) in [6.07, 6.45) is 0. The molecule has 0 atom stereocenters. The zero-order valence-electron chi connectivity index (χ0n) is 16.3. The van der Waals surface area contributed by atoms with Crippen molar-refractivity contribution >= 4 is 40.7 Å². The number of anilines is 1. The molecule has 2 aromatic carbocycles. The van der Waals surface area contributed by atoms with Gasteiger partial charge in [0.1, 0.15) is 0 Å². The molecule has 0 radical (unpaired) electrons. The molecule has 4 nitrogen and oxygen atoms in total. The summed E-state index contributed by atoms with van der Waals surface area (Å²) in [6, 6.07) is 14.1. The van der Waals surface area contributed by atoms with Gasteiger partial charge >= 0.3 is 0 Å². The zero-order chi connectivity index (χ0) is 20.1. The highest BCUT2D eigenvalue weighted by molar-refractivity contribution is 7.98. The Kier molecular flexibility index (Phi) is 7.27. The number of aromatic nitrogens is 3. The Morgan fingerprint density at radius 1 is 0.929 bits per heavy atom. The Hall–Kier alpha value is -1.69. The van der Waals surface area contributed by atoms with Crippen LogP contribution in [0.15, 0.2) is 47.6 Å². The molecule has 28 heavy (non-hydrogen) atoms. The van der Waals surface area contributed by atoms with Crippen molar-refractivity contribution in [3.05, 3.63) is 58.1 Å². The van der Waals surface area contributed by atoms with E-state index >= 15 is 0 Å². The first kappa shape index (κ1) is 21.0. The minimum Gasteiger partial charge on any atom is -0.372 e. The van der Waals surface area contributed by atoms with Crippen molar-refractivity contribution in [1.82, 2.24) is 14.8 Å². The molecule has 7 heteroatoms. The van der Waals surface area contributed by atoms with Gasteiger partial charge in [-0.05, 0) is 62.7 Å². The van der Waals surface area contributed by atoms with Gasteiger partial charge in [-0.15, -0.1) is 10.2 Å². The van der Waals surface area contributed by atoms with Gasteiger partial charge in [0.05, 0.1) is 0 Å². The topological polar surface area (TPSA) is 34.0 Å². The molecule has 1 aromatic heterocycles. The molecule has 0 aliphatic carbocycles. The quantitative estimate of drug-likeness (QED) is 0.383. The highest BCUT2D eigenvalue weighted by atomic mass is 35.5. The first-order chi connectivity index (χ1) is 13.6. The van der Waals surface area contributed by atoms with Crippen LogP contribution in [-0.4, -0.2) is 27.9 Å². The first-order valence-corrected chi connectivity index (χ1v) is 11.2.